The van der Waals surface area contributed by atoms with E-state index in [4.69, 9.17) is 11.6 Å². The van der Waals surface area contributed by atoms with Gasteiger partial charge < -0.3 is 10.2 Å². The summed E-state index contributed by atoms with van der Waals surface area (Å²) in [5, 5.41) is 3.08. The number of carbonyl (C=O) groups is 1. The Labute approximate surface area is 139 Å². The average molecular weight is 333 g/mol. The predicted molar refractivity (Wildman–Crippen MR) is 87.6 cm³/mol. The zero-order chi connectivity index (χ0) is 16.6. The lowest BCUT2D eigenvalue weighted by atomic mass is 10.2. The number of hydrogen-bond donors (Lipinski definition) is 1. The summed E-state index contributed by atoms with van der Waals surface area (Å²) >= 11 is 5.97. The van der Waals surface area contributed by atoms with E-state index in [1.54, 1.807) is 11.1 Å². The maximum atomic E-state index is 12.4. The Balaban J connectivity index is 1.69. The Hall–Kier alpha value is -2.28. The molecule has 23 heavy (non-hydrogen) atoms. The Bertz CT molecular complexity index is 750. The molecule has 0 spiro atoms. The molecule has 1 aliphatic carbocycles. The van der Waals surface area contributed by atoms with E-state index in [1.165, 1.54) is 6.07 Å². The van der Waals surface area contributed by atoms with E-state index in [0.29, 0.717) is 11.8 Å². The molecule has 0 aromatic carbocycles. The fourth-order valence-electron chi connectivity index (χ4n) is 2.31. The Morgan fingerprint density at radius 2 is 2.13 bits per heavy atom. The first-order valence-corrected chi connectivity index (χ1v) is 7.64. The largest absolute Gasteiger partial charge is 0.347 e. The van der Waals surface area contributed by atoms with Gasteiger partial charge >= 0.3 is 0 Å². The molecule has 0 unspecified atom stereocenters. The van der Waals surface area contributed by atoms with Crippen molar-refractivity contribution in [2.75, 3.05) is 24.3 Å². The quantitative estimate of drug-likeness (QED) is 0.862. The number of halogens is 1. The highest BCUT2D eigenvalue weighted by Crippen LogP contribution is 2.46. The van der Waals surface area contributed by atoms with Crippen LogP contribution in [0.3, 0.4) is 0 Å². The number of anilines is 2. The second kappa shape index (κ2) is 6.08. The maximum absolute atomic E-state index is 12.4. The third-order valence-electron chi connectivity index (χ3n) is 3.61. The topological polar surface area (TPSA) is 83.9 Å². The van der Waals surface area contributed by atoms with Crippen molar-refractivity contribution < 1.29 is 4.79 Å². The van der Waals surface area contributed by atoms with E-state index >= 15 is 0 Å². The minimum Gasteiger partial charge on any atom is -0.347 e. The van der Waals surface area contributed by atoms with E-state index in [1.807, 2.05) is 27.1 Å². The van der Waals surface area contributed by atoms with E-state index in [-0.39, 0.29) is 22.9 Å². The van der Waals surface area contributed by atoms with Gasteiger partial charge in [0.2, 0.25) is 11.9 Å². The summed E-state index contributed by atoms with van der Waals surface area (Å²) in [5.74, 6) is 1.41. The smallest absolute Gasteiger partial charge is 0.229 e. The lowest BCUT2D eigenvalue weighted by Crippen LogP contribution is -2.18. The third kappa shape index (κ3) is 3.56. The van der Waals surface area contributed by atoms with Crippen molar-refractivity contribution in [1.82, 2.24) is 19.9 Å². The second-order valence-electron chi connectivity index (χ2n) is 5.76. The summed E-state index contributed by atoms with van der Waals surface area (Å²) in [5.41, 5.74) is 0.902. The van der Waals surface area contributed by atoms with Gasteiger partial charge in [0.1, 0.15) is 16.8 Å². The molecule has 120 valence electrons. The van der Waals surface area contributed by atoms with Crippen LogP contribution in [0.25, 0.3) is 0 Å². The summed E-state index contributed by atoms with van der Waals surface area (Å²) in [7, 11) is 3.62. The first-order valence-electron chi connectivity index (χ1n) is 7.26. The van der Waals surface area contributed by atoms with E-state index in [2.05, 4.69) is 25.3 Å². The van der Waals surface area contributed by atoms with Gasteiger partial charge in [0.25, 0.3) is 0 Å². The van der Waals surface area contributed by atoms with Gasteiger partial charge in [-0.3, -0.25) is 4.79 Å². The van der Waals surface area contributed by atoms with Crippen molar-refractivity contribution in [3.05, 3.63) is 35.0 Å². The summed E-state index contributed by atoms with van der Waals surface area (Å²) in [4.78, 5) is 31.1. The SMILES string of the molecule is Cc1ccnc([C@H]2C[C@@H]2C(=O)Nc2cc(Cl)nc(N(C)C)n2)n1. The highest BCUT2D eigenvalue weighted by atomic mass is 35.5. The molecular weight excluding hydrogens is 316 g/mol. The second-order valence-corrected chi connectivity index (χ2v) is 6.15. The van der Waals surface area contributed by atoms with Crippen LogP contribution in [0.2, 0.25) is 5.15 Å². The molecule has 1 amide bonds. The summed E-state index contributed by atoms with van der Waals surface area (Å²) in [6.07, 6.45) is 2.47. The lowest BCUT2D eigenvalue weighted by molar-refractivity contribution is -0.117. The van der Waals surface area contributed by atoms with Crippen LogP contribution in [0, 0.1) is 12.8 Å². The molecule has 3 rings (SSSR count). The first kappa shape index (κ1) is 15.6. The molecule has 7 nitrogen and oxygen atoms in total. The van der Waals surface area contributed by atoms with Crippen molar-refractivity contribution in [3.8, 4) is 0 Å². The Morgan fingerprint density at radius 1 is 1.35 bits per heavy atom. The molecule has 0 saturated heterocycles. The van der Waals surface area contributed by atoms with E-state index in [9.17, 15) is 4.79 Å². The number of nitrogens with one attached hydrogen (secondary N) is 1. The van der Waals surface area contributed by atoms with Gasteiger partial charge in [0, 0.05) is 43.9 Å². The van der Waals surface area contributed by atoms with Crippen LogP contribution in [0.15, 0.2) is 18.3 Å². The van der Waals surface area contributed by atoms with Crippen LogP contribution in [0.1, 0.15) is 23.9 Å². The van der Waals surface area contributed by atoms with E-state index in [0.717, 1.165) is 17.9 Å². The number of carbonyl (C=O) groups excluding carboxylic acids is 1. The van der Waals surface area contributed by atoms with Crippen molar-refractivity contribution in [2.45, 2.75) is 19.3 Å². The number of hydrogen-bond acceptors (Lipinski definition) is 6. The summed E-state index contributed by atoms with van der Waals surface area (Å²) < 4.78 is 0. The van der Waals surface area contributed by atoms with Crippen LogP contribution < -0.4 is 10.2 Å². The molecule has 1 saturated carbocycles. The Kier molecular flexibility index (Phi) is 4.12. The first-order chi connectivity index (χ1) is 10.9. The van der Waals surface area contributed by atoms with E-state index < -0.39 is 0 Å². The standard InChI is InChI=1S/C15H17ClN6O/c1-8-4-5-17-13(18-8)9-6-10(9)14(23)20-12-7-11(16)19-15(21-12)22(2)3/h4-5,7,9-10H,6H2,1-3H3,(H,19,20,21,23)/t9-,10-/m0/s1. The number of amides is 1. The highest BCUT2D eigenvalue weighted by Gasteiger charge is 2.46. The number of aryl methyl sites for hydroxylation is 1. The lowest BCUT2D eigenvalue weighted by Gasteiger charge is -2.12. The molecule has 1 N–H and O–H groups in total. The molecule has 1 fully saturated rings. The minimum absolute atomic E-state index is 0.0699. The molecule has 1 aliphatic rings. The van der Waals surface area contributed by atoms with Crippen LogP contribution in [0.4, 0.5) is 11.8 Å². The Morgan fingerprint density at radius 3 is 2.83 bits per heavy atom. The van der Waals surface area contributed by atoms with Crippen LogP contribution >= 0.6 is 11.6 Å². The van der Waals surface area contributed by atoms with Crippen molar-refractivity contribution >= 4 is 29.3 Å². The molecule has 8 heteroatoms. The summed E-state index contributed by atoms with van der Waals surface area (Å²) in [6, 6.07) is 3.37. The molecule has 2 atom stereocenters. The van der Waals surface area contributed by atoms with Crippen molar-refractivity contribution in [3.63, 3.8) is 0 Å². The number of rotatable bonds is 4. The van der Waals surface area contributed by atoms with Crippen molar-refractivity contribution in [1.29, 1.82) is 0 Å². The molecule has 0 bridgehead atoms. The maximum Gasteiger partial charge on any atom is 0.229 e. The monoisotopic (exact) mass is 332 g/mol. The predicted octanol–water partition coefficient (Wildman–Crippen LogP) is 2.04. The molecule has 2 heterocycles. The van der Waals surface area contributed by atoms with Gasteiger partial charge in [-0.1, -0.05) is 11.6 Å². The van der Waals surface area contributed by atoms with Gasteiger partial charge in [0.15, 0.2) is 0 Å². The van der Waals surface area contributed by atoms with Gasteiger partial charge in [-0.05, 0) is 19.4 Å². The summed E-state index contributed by atoms with van der Waals surface area (Å²) in [6.45, 7) is 1.91. The van der Waals surface area contributed by atoms with Gasteiger partial charge in [-0.25, -0.2) is 15.0 Å². The zero-order valence-corrected chi connectivity index (χ0v) is 13.9. The molecule has 2 aromatic rings. The van der Waals surface area contributed by atoms with Crippen LogP contribution in [-0.2, 0) is 4.79 Å². The molecule has 0 radical (unpaired) electrons. The molecular formula is C15H17ClN6O. The van der Waals surface area contributed by atoms with Crippen LogP contribution in [0.5, 0.6) is 0 Å². The normalized spacial score (nSPS) is 19.3. The zero-order valence-electron chi connectivity index (χ0n) is 13.1. The fraction of sp³-hybridized carbons (Fsp3) is 0.400. The molecule has 0 aliphatic heterocycles. The van der Waals surface area contributed by atoms with Crippen molar-refractivity contribution in [2.24, 2.45) is 5.92 Å². The van der Waals surface area contributed by atoms with Crippen LogP contribution in [-0.4, -0.2) is 39.9 Å². The fourth-order valence-corrected chi connectivity index (χ4v) is 2.48. The van der Waals surface area contributed by atoms with Gasteiger partial charge in [0.05, 0.1) is 0 Å². The van der Waals surface area contributed by atoms with Gasteiger partial charge in [-0.15, -0.1) is 0 Å². The average Bonchev–Trinajstić information content (AvgIpc) is 3.27. The minimum atomic E-state index is -0.131. The van der Waals surface area contributed by atoms with Gasteiger partial charge in [-0.2, -0.15) is 4.98 Å². The third-order valence-corrected chi connectivity index (χ3v) is 3.80. The number of nitrogens with zero attached hydrogens (tertiary/aromatic N) is 5. The highest BCUT2D eigenvalue weighted by molar-refractivity contribution is 6.29. The number of aromatic nitrogens is 4. The molecule has 2 aromatic heterocycles.